The molecule has 10 heterocycles. The standard InChI is InChI=1S/C30H39ClF2N4O4S.C26H38ClN3O4S2.C21H29ClN2O6S2.C21H29ClN2O5S2.2CH4/c1-2-34-19-27(21-41-30(38)36-14-10-26(11-15-36)35-12-4-3-5-13-35)37(42(39,40)28-8-6-23(31)7-9-28)29(20-34)22-16-24(32)18-25(33)17-22;1-2-21-18-35-19-24(30(21)36(32,33)23-8-6-20(27)7-9-23)26(12-13-26)34-25(31)29-16-10-22(11-17-29)28-14-4-3-5-15-28;1-2-16-13-31(27)14-19(24(16)32(28,29)18-7-5-15(22)6-8-18)21(9-10-21)30-20(26)23-11-3-4-17(23)12-25;1-2-16-13-30-14-19(24(16)31(27,28)18-7-5-15(22)6-8-18)21(9-10-21)29-20(26)23-11-3-4-17(23)12-25;;/h6-9,16-18,26-27,29H,2-5,10-15,19-21H2,1H3;6-9,21-22,24H,2-5,10-19H2,1H3;5-8,16-17,19,25H,2-4,9-14H2,1H3;5-8,16-17,19,25H,2-4,9-14H2,1H3;2*1H4/t27-,29+;21-,24-;16-,17+,19-,31?;16-,17+,19-;;/m1111../s1. The van der Waals surface area contributed by atoms with Crippen molar-refractivity contribution in [3.05, 3.63) is 153 Å². The van der Waals surface area contributed by atoms with Crippen LogP contribution in [-0.2, 0) is 69.8 Å². The zero-order chi connectivity index (χ0) is 101. The first kappa shape index (κ1) is 115. The molecule has 3 aliphatic carbocycles. The van der Waals surface area contributed by atoms with Crippen LogP contribution in [0.25, 0.3) is 0 Å². The number of aliphatic hydroxyl groups is 2. The number of piperidine rings is 4. The Balaban J connectivity index is 0.000000160. The van der Waals surface area contributed by atoms with E-state index in [2.05, 4.69) is 9.80 Å². The first-order valence-electron chi connectivity index (χ1n) is 50.0. The summed E-state index contributed by atoms with van der Waals surface area (Å²) < 4.78 is 182. The maximum absolute atomic E-state index is 14.3. The number of benzene rings is 5. The van der Waals surface area contributed by atoms with Gasteiger partial charge in [-0.3, -0.25) is 9.11 Å². The third-order valence-corrected chi connectivity index (χ3v) is 43.1. The molecule has 30 nitrogen and oxygen atoms in total. The van der Waals surface area contributed by atoms with Gasteiger partial charge in [0.05, 0.1) is 75.1 Å². The third kappa shape index (κ3) is 26.8. The van der Waals surface area contributed by atoms with Crippen molar-refractivity contribution in [1.82, 2.24) is 51.5 Å². The summed E-state index contributed by atoms with van der Waals surface area (Å²) in [6.45, 7) is 16.7. The van der Waals surface area contributed by atoms with E-state index in [4.69, 9.17) is 65.4 Å². The fourth-order valence-corrected chi connectivity index (χ4v) is 35.3. The molecule has 1 unspecified atom stereocenters. The number of hydrogen-bond donors (Lipinski definition) is 2. The SMILES string of the molecule is C.C.CCN1C[C@H](COC(=O)N2CCC(N3CCCCC3)CC2)N(S(=O)(=O)c2ccc(Cl)cc2)[C@H](c2cc(F)cc(F)c2)C1.CC[C@@H]1CS(=O)C[C@H](C2(OC(=O)N3CCC[C@H]3CO)CC2)N1S(=O)(=O)c1ccc(Cl)cc1.CC[C@@H]1CSC[C@H](C2(OC(=O)N3CCC(N4CCCCC4)CC3)CC2)N1S(=O)(=O)c1ccc(Cl)cc1.CC[C@@H]1CSC[C@H](C2(OC(=O)N3CCC[C@H]3CO)CC2)N1S(=O)(=O)c1ccc(Cl)cc1. The lowest BCUT2D eigenvalue weighted by atomic mass is 10.0. The van der Waals surface area contributed by atoms with Crippen molar-refractivity contribution in [2.24, 2.45) is 0 Å². The Labute approximate surface area is 875 Å². The maximum Gasteiger partial charge on any atom is 0.410 e. The first-order chi connectivity index (χ1) is 67.5. The topological polar surface area (TPSA) is 335 Å². The van der Waals surface area contributed by atoms with Crippen molar-refractivity contribution in [2.45, 2.75) is 299 Å². The van der Waals surface area contributed by atoms with Gasteiger partial charge in [-0.15, -0.1) is 0 Å². The number of ether oxygens (including phenoxy) is 4. The van der Waals surface area contributed by atoms with Gasteiger partial charge in [0.15, 0.2) is 0 Å². The molecule has 5 aromatic carbocycles. The molecule has 796 valence electrons. The second-order valence-corrected chi connectivity index (χ2v) is 52.1. The zero-order valence-corrected chi connectivity index (χ0v) is 89.3. The number of rotatable bonds is 25. The van der Waals surface area contributed by atoms with E-state index in [0.29, 0.717) is 166 Å². The van der Waals surface area contributed by atoms with E-state index >= 15 is 0 Å². The van der Waals surface area contributed by atoms with Crippen molar-refractivity contribution in [2.75, 3.05) is 139 Å². The number of aliphatic hydroxyl groups excluding tert-OH is 2. The second kappa shape index (κ2) is 50.2. The Morgan fingerprint density at radius 3 is 1.11 bits per heavy atom. The molecule has 3 saturated carbocycles. The van der Waals surface area contributed by atoms with Gasteiger partial charge in [0.2, 0.25) is 40.1 Å². The van der Waals surface area contributed by atoms with Crippen LogP contribution in [0.5, 0.6) is 0 Å². The molecular weight excluding hydrogens is 2060 g/mol. The number of amides is 4. The van der Waals surface area contributed by atoms with Crippen LogP contribution in [0, 0.1) is 11.6 Å². The number of piperazine rings is 1. The molecule has 18 rings (SSSR count). The summed E-state index contributed by atoms with van der Waals surface area (Å²) >= 11 is 27.4. The van der Waals surface area contributed by atoms with Gasteiger partial charge in [-0.25, -0.2) is 61.6 Å². The molecule has 0 radical (unpaired) electrons. The number of likely N-dealkylation sites (tertiary alicyclic amines) is 6. The van der Waals surface area contributed by atoms with Gasteiger partial charge in [0.1, 0.15) is 35.0 Å². The summed E-state index contributed by atoms with van der Waals surface area (Å²) in [5.41, 5.74) is -2.34. The Bertz CT molecular complexity index is 5580. The molecule has 4 amide bonds. The van der Waals surface area contributed by atoms with E-state index in [9.17, 15) is 76.1 Å². The van der Waals surface area contributed by atoms with E-state index in [1.165, 1.54) is 126 Å². The number of carbonyl (C=O) groups excluding carboxylic acids is 4. The number of nitrogens with zero attached hydrogens (tertiary/aromatic N) is 11. The Hall–Kier alpha value is -5.51. The Morgan fingerprint density at radius 2 is 0.755 bits per heavy atom. The first-order valence-corrected chi connectivity index (χ1v) is 61.0. The van der Waals surface area contributed by atoms with Gasteiger partial charge in [0, 0.05) is 154 Å². The van der Waals surface area contributed by atoms with E-state index in [0.717, 1.165) is 82.0 Å². The van der Waals surface area contributed by atoms with Crippen LogP contribution in [-0.4, -0.2) is 347 Å². The predicted octanol–water partition coefficient (Wildman–Crippen LogP) is 17.0. The number of thioether (sulfide) groups is 2. The van der Waals surface area contributed by atoms with Gasteiger partial charge < -0.3 is 58.6 Å². The molecule has 2 N–H and O–H groups in total. The average molecular weight is 2210 g/mol. The highest BCUT2D eigenvalue weighted by Crippen LogP contribution is 2.54. The smallest absolute Gasteiger partial charge is 0.410 e. The molecule has 11 atom stereocenters. The summed E-state index contributed by atoms with van der Waals surface area (Å²) in [5.74, 6) is 1.46. The molecule has 143 heavy (non-hydrogen) atoms. The lowest BCUT2D eigenvalue weighted by Crippen LogP contribution is -2.61. The molecule has 43 heteroatoms. The highest BCUT2D eigenvalue weighted by molar-refractivity contribution is 8.00. The van der Waals surface area contributed by atoms with Crippen molar-refractivity contribution in [3.8, 4) is 0 Å². The number of likely N-dealkylation sites (N-methyl/N-ethyl adjacent to an activating group) is 1. The molecule has 0 aromatic heterocycles. The summed E-state index contributed by atoms with van der Waals surface area (Å²) in [6.07, 6.45) is 18.3. The zero-order valence-electron chi connectivity index (χ0n) is 80.6. The molecule has 10 saturated heterocycles. The minimum atomic E-state index is -4.18. The second-order valence-electron chi connectivity index (χ2n) is 39.3. The quantitative estimate of drug-likeness (QED) is 0.0513. The van der Waals surface area contributed by atoms with Crippen LogP contribution in [0.15, 0.2) is 135 Å². The lowest BCUT2D eigenvalue weighted by molar-refractivity contribution is 0.00272. The summed E-state index contributed by atoms with van der Waals surface area (Å²) in [7, 11) is -16.9. The fourth-order valence-electron chi connectivity index (χ4n) is 21.9. The molecule has 10 aliphatic heterocycles. The van der Waals surface area contributed by atoms with Gasteiger partial charge in [0.25, 0.3) is 0 Å². The monoisotopic (exact) mass is 2200 g/mol. The van der Waals surface area contributed by atoms with E-state index in [-0.39, 0.29) is 114 Å². The molecule has 13 fully saturated rings. The maximum atomic E-state index is 14.3. The van der Waals surface area contributed by atoms with Crippen molar-refractivity contribution >= 4 is 145 Å². The molecule has 5 aromatic rings. The van der Waals surface area contributed by atoms with Crippen LogP contribution < -0.4 is 0 Å². The van der Waals surface area contributed by atoms with E-state index in [1.807, 2.05) is 37.5 Å². The minimum Gasteiger partial charge on any atom is -0.448 e. The normalized spacial score (nSPS) is 27.0. The summed E-state index contributed by atoms with van der Waals surface area (Å²) in [5, 5.41) is 20.9. The van der Waals surface area contributed by atoms with Gasteiger partial charge in [-0.05, 0) is 282 Å². The Kier molecular flexibility index (Phi) is 40.2. The van der Waals surface area contributed by atoms with Crippen LogP contribution in [0.4, 0.5) is 28.0 Å². The third-order valence-electron chi connectivity index (χ3n) is 30.4. The number of carbonyl (C=O) groups is 4. The van der Waals surface area contributed by atoms with Gasteiger partial charge in [-0.2, -0.15) is 40.7 Å². The highest BCUT2D eigenvalue weighted by atomic mass is 35.5. The molecule has 13 aliphatic rings. The van der Waals surface area contributed by atoms with E-state index in [1.54, 1.807) is 78.3 Å². The number of halogens is 6. The largest absolute Gasteiger partial charge is 0.448 e. The Morgan fingerprint density at radius 1 is 0.406 bits per heavy atom. The van der Waals surface area contributed by atoms with Crippen LogP contribution in [0.2, 0.25) is 20.1 Å². The molecule has 0 spiro atoms. The number of sulfonamides is 4. The van der Waals surface area contributed by atoms with Crippen molar-refractivity contribution < 1.29 is 95.0 Å². The highest BCUT2D eigenvalue weighted by Gasteiger charge is 2.64. The van der Waals surface area contributed by atoms with Gasteiger partial charge in [-0.1, -0.05) is 102 Å². The molecular formula is C100H143Cl4F2N11O19S7. The van der Waals surface area contributed by atoms with E-state index < -0.39 is 128 Å². The fraction of sp³-hybridized carbons (Fsp3) is 0.660. The van der Waals surface area contributed by atoms with Crippen molar-refractivity contribution in [3.63, 3.8) is 0 Å². The van der Waals surface area contributed by atoms with Crippen LogP contribution in [0.3, 0.4) is 0 Å². The summed E-state index contributed by atoms with van der Waals surface area (Å²) in [4.78, 5) is 66.7. The van der Waals surface area contributed by atoms with Crippen LogP contribution >= 0.6 is 69.9 Å². The minimum absolute atomic E-state index is 0. The lowest BCUT2D eigenvalue weighted by Gasteiger charge is -2.45. The average Bonchev–Trinajstić information content (AvgIpc) is 1.58. The predicted molar refractivity (Wildman–Crippen MR) is 557 cm³/mol. The summed E-state index contributed by atoms with van der Waals surface area (Å²) in [6, 6.07) is 24.0. The van der Waals surface area contributed by atoms with Crippen molar-refractivity contribution in [1.29, 1.82) is 0 Å². The van der Waals surface area contributed by atoms with Crippen LogP contribution in [0.1, 0.15) is 202 Å². The number of hydrogen-bond acceptors (Lipinski definition) is 24. The van der Waals surface area contributed by atoms with Gasteiger partial charge >= 0.3 is 24.4 Å². The molecule has 0 bridgehead atoms.